The minimum absolute atomic E-state index is 0.0211. The standard InChI is InChI=1S/C13H10N2O2/c16-12-6-13(17)15-11(12)5-8-7-14-10-4-2-1-3-9(8)10/h1-7,15-17H/b8-5+. The van der Waals surface area contributed by atoms with Crippen molar-refractivity contribution in [1.82, 2.24) is 4.98 Å². The SMILES string of the molecule is Oc1cc(O)c(/C=C2\C=Nc3ccccc32)[nH]1. The second kappa shape index (κ2) is 3.52. The Kier molecular flexibility index (Phi) is 2.01. The van der Waals surface area contributed by atoms with Gasteiger partial charge in [0.15, 0.2) is 5.88 Å². The van der Waals surface area contributed by atoms with Gasteiger partial charge in [0.05, 0.1) is 11.4 Å². The summed E-state index contributed by atoms with van der Waals surface area (Å²) in [7, 11) is 0. The number of H-pyrrole nitrogens is 1. The molecule has 0 fully saturated rings. The van der Waals surface area contributed by atoms with Crippen LogP contribution in [0, 0.1) is 0 Å². The third-order valence-corrected chi connectivity index (χ3v) is 2.67. The molecular formula is C13H10N2O2. The summed E-state index contributed by atoms with van der Waals surface area (Å²) in [5.41, 5.74) is 3.30. The highest BCUT2D eigenvalue weighted by atomic mass is 16.3. The van der Waals surface area contributed by atoms with Crippen molar-refractivity contribution in [3.05, 3.63) is 41.6 Å². The van der Waals surface area contributed by atoms with E-state index >= 15 is 0 Å². The Morgan fingerprint density at radius 1 is 1.18 bits per heavy atom. The van der Waals surface area contributed by atoms with Crippen molar-refractivity contribution >= 4 is 23.6 Å². The molecule has 84 valence electrons. The van der Waals surface area contributed by atoms with E-state index in [4.69, 9.17) is 0 Å². The molecule has 2 aromatic rings. The van der Waals surface area contributed by atoms with Crippen LogP contribution in [-0.2, 0) is 0 Å². The highest BCUT2D eigenvalue weighted by Crippen LogP contribution is 2.33. The second-order valence-corrected chi connectivity index (χ2v) is 3.83. The number of aromatic amines is 1. The number of benzene rings is 1. The average Bonchev–Trinajstić information content (AvgIpc) is 2.85. The summed E-state index contributed by atoms with van der Waals surface area (Å²) in [5, 5.41) is 18.8. The lowest BCUT2D eigenvalue weighted by molar-refractivity contribution is 0.452. The van der Waals surface area contributed by atoms with Gasteiger partial charge in [-0.25, -0.2) is 0 Å². The van der Waals surface area contributed by atoms with E-state index in [-0.39, 0.29) is 11.6 Å². The maximum atomic E-state index is 9.56. The van der Waals surface area contributed by atoms with Crippen molar-refractivity contribution in [3.8, 4) is 11.6 Å². The second-order valence-electron chi connectivity index (χ2n) is 3.83. The largest absolute Gasteiger partial charge is 0.506 e. The molecule has 0 bridgehead atoms. The molecule has 0 aliphatic carbocycles. The predicted octanol–water partition coefficient (Wildman–Crippen LogP) is 2.68. The van der Waals surface area contributed by atoms with Crippen LogP contribution in [-0.4, -0.2) is 21.4 Å². The first-order valence-electron chi connectivity index (χ1n) is 5.20. The Balaban J connectivity index is 2.08. The van der Waals surface area contributed by atoms with E-state index in [2.05, 4.69) is 9.98 Å². The van der Waals surface area contributed by atoms with E-state index in [1.54, 1.807) is 12.3 Å². The van der Waals surface area contributed by atoms with Crippen molar-refractivity contribution in [3.63, 3.8) is 0 Å². The van der Waals surface area contributed by atoms with E-state index in [0.717, 1.165) is 16.8 Å². The van der Waals surface area contributed by atoms with Gasteiger partial charge in [0.1, 0.15) is 5.75 Å². The van der Waals surface area contributed by atoms with Crippen LogP contribution in [0.4, 0.5) is 5.69 Å². The first-order valence-corrected chi connectivity index (χ1v) is 5.20. The van der Waals surface area contributed by atoms with Crippen LogP contribution in [0.5, 0.6) is 11.6 Å². The fourth-order valence-electron chi connectivity index (χ4n) is 1.86. The fraction of sp³-hybridized carbons (Fsp3) is 0. The lowest BCUT2D eigenvalue weighted by Gasteiger charge is -1.98. The zero-order valence-corrected chi connectivity index (χ0v) is 8.88. The summed E-state index contributed by atoms with van der Waals surface area (Å²) >= 11 is 0. The molecule has 4 heteroatoms. The van der Waals surface area contributed by atoms with E-state index in [1.807, 2.05) is 24.3 Å². The number of nitrogens with zero attached hydrogens (tertiary/aromatic N) is 1. The molecule has 1 aromatic heterocycles. The fourth-order valence-corrected chi connectivity index (χ4v) is 1.86. The third kappa shape index (κ3) is 1.59. The Bertz CT molecular complexity index is 639. The highest BCUT2D eigenvalue weighted by molar-refractivity contribution is 6.21. The minimum Gasteiger partial charge on any atom is -0.506 e. The van der Waals surface area contributed by atoms with Gasteiger partial charge in [0.2, 0.25) is 0 Å². The van der Waals surface area contributed by atoms with Gasteiger partial charge in [-0.3, -0.25) is 4.99 Å². The maximum Gasteiger partial charge on any atom is 0.192 e. The molecule has 0 saturated carbocycles. The van der Waals surface area contributed by atoms with Crippen LogP contribution in [0.25, 0.3) is 11.6 Å². The summed E-state index contributed by atoms with van der Waals surface area (Å²) in [4.78, 5) is 6.93. The molecule has 0 unspecified atom stereocenters. The van der Waals surface area contributed by atoms with Gasteiger partial charge in [0.25, 0.3) is 0 Å². The molecule has 0 atom stereocenters. The lowest BCUT2D eigenvalue weighted by Crippen LogP contribution is -1.80. The van der Waals surface area contributed by atoms with Gasteiger partial charge in [-0.05, 0) is 12.1 Å². The zero-order valence-electron chi connectivity index (χ0n) is 8.88. The molecule has 3 rings (SSSR count). The van der Waals surface area contributed by atoms with Crippen molar-refractivity contribution < 1.29 is 10.2 Å². The van der Waals surface area contributed by atoms with Gasteiger partial charge < -0.3 is 15.2 Å². The van der Waals surface area contributed by atoms with Gasteiger partial charge in [-0.1, -0.05) is 18.2 Å². The molecule has 1 aliphatic rings. The molecule has 3 N–H and O–H groups in total. The van der Waals surface area contributed by atoms with Crippen LogP contribution < -0.4 is 0 Å². The molecule has 1 aromatic carbocycles. The summed E-state index contributed by atoms with van der Waals surface area (Å²) in [5.74, 6) is -0.0367. The Hall–Kier alpha value is -2.49. The number of fused-ring (bicyclic) bond motifs is 1. The Morgan fingerprint density at radius 3 is 2.76 bits per heavy atom. The third-order valence-electron chi connectivity index (χ3n) is 2.67. The zero-order chi connectivity index (χ0) is 11.8. The normalized spacial score (nSPS) is 15.4. The van der Waals surface area contributed by atoms with Gasteiger partial charge >= 0.3 is 0 Å². The molecule has 0 spiro atoms. The number of nitrogens with one attached hydrogen (secondary N) is 1. The van der Waals surface area contributed by atoms with Crippen LogP contribution in [0.15, 0.2) is 35.3 Å². The van der Waals surface area contributed by atoms with Crippen LogP contribution in [0.2, 0.25) is 0 Å². The molecule has 0 saturated heterocycles. The Labute approximate surface area is 97.6 Å². The number of hydrogen-bond acceptors (Lipinski definition) is 3. The highest BCUT2D eigenvalue weighted by Gasteiger charge is 2.12. The average molecular weight is 226 g/mol. The number of aromatic nitrogens is 1. The predicted molar refractivity (Wildman–Crippen MR) is 66.6 cm³/mol. The number of para-hydroxylation sites is 1. The van der Waals surface area contributed by atoms with Gasteiger partial charge in [-0.15, -0.1) is 0 Å². The summed E-state index contributed by atoms with van der Waals surface area (Å²) < 4.78 is 0. The van der Waals surface area contributed by atoms with Crippen molar-refractivity contribution in [1.29, 1.82) is 0 Å². The van der Waals surface area contributed by atoms with Crippen molar-refractivity contribution in [2.45, 2.75) is 0 Å². The molecule has 1 aliphatic heterocycles. The summed E-state index contributed by atoms with van der Waals surface area (Å²) in [6.45, 7) is 0. The monoisotopic (exact) mass is 226 g/mol. The number of aromatic hydroxyl groups is 2. The molecule has 2 heterocycles. The smallest absolute Gasteiger partial charge is 0.192 e. The topological polar surface area (TPSA) is 68.6 Å². The molecule has 0 radical (unpaired) electrons. The quantitative estimate of drug-likeness (QED) is 0.699. The van der Waals surface area contributed by atoms with E-state index in [1.165, 1.54) is 6.07 Å². The van der Waals surface area contributed by atoms with Crippen LogP contribution >= 0.6 is 0 Å². The molecule has 17 heavy (non-hydrogen) atoms. The number of rotatable bonds is 1. The number of allylic oxidation sites excluding steroid dienone is 1. The molecule has 0 amide bonds. The number of aliphatic imine (C=N–C) groups is 1. The van der Waals surface area contributed by atoms with Crippen LogP contribution in [0.3, 0.4) is 0 Å². The lowest BCUT2D eigenvalue weighted by atomic mass is 10.1. The first kappa shape index (κ1) is 9.72. The molecular weight excluding hydrogens is 216 g/mol. The Morgan fingerprint density at radius 2 is 2.00 bits per heavy atom. The number of hydrogen-bond donors (Lipinski definition) is 3. The maximum absolute atomic E-state index is 9.56. The van der Waals surface area contributed by atoms with Gasteiger partial charge in [0, 0.05) is 23.4 Å². The van der Waals surface area contributed by atoms with E-state index in [0.29, 0.717) is 5.69 Å². The summed E-state index contributed by atoms with van der Waals surface area (Å²) in [6, 6.07) is 9.03. The van der Waals surface area contributed by atoms with Crippen LogP contribution in [0.1, 0.15) is 11.3 Å². The molecule has 4 nitrogen and oxygen atoms in total. The van der Waals surface area contributed by atoms with Crippen molar-refractivity contribution in [2.75, 3.05) is 0 Å². The first-order chi connectivity index (χ1) is 8.24. The van der Waals surface area contributed by atoms with E-state index in [9.17, 15) is 10.2 Å². The van der Waals surface area contributed by atoms with Gasteiger partial charge in [-0.2, -0.15) is 0 Å². The minimum atomic E-state index is -0.0578. The van der Waals surface area contributed by atoms with Crippen molar-refractivity contribution in [2.24, 2.45) is 4.99 Å². The summed E-state index contributed by atoms with van der Waals surface area (Å²) in [6.07, 6.45) is 3.49. The van der Waals surface area contributed by atoms with E-state index < -0.39 is 0 Å².